The van der Waals surface area contributed by atoms with Crippen molar-refractivity contribution in [2.24, 2.45) is 5.84 Å². The Morgan fingerprint density at radius 2 is 1.84 bits per heavy atom. The monoisotopic (exact) mass is 257 g/mol. The van der Waals surface area contributed by atoms with Gasteiger partial charge in [-0.15, -0.1) is 0 Å². The van der Waals surface area contributed by atoms with E-state index in [1.54, 1.807) is 6.07 Å². The molecule has 2 aromatic rings. The minimum atomic E-state index is 0.595. The zero-order valence-corrected chi connectivity index (χ0v) is 11.5. The van der Waals surface area contributed by atoms with Gasteiger partial charge in [0.1, 0.15) is 17.5 Å². The normalized spacial score (nSPS) is 10.3. The molecule has 4 N–H and O–H groups in total. The molecule has 0 atom stereocenters. The third kappa shape index (κ3) is 3.20. The van der Waals surface area contributed by atoms with Gasteiger partial charge in [0.05, 0.1) is 0 Å². The summed E-state index contributed by atoms with van der Waals surface area (Å²) in [5.41, 5.74) is 6.18. The summed E-state index contributed by atoms with van der Waals surface area (Å²) in [4.78, 5) is 8.49. The Bertz CT molecular complexity index is 580. The van der Waals surface area contributed by atoms with Crippen LogP contribution in [0.15, 0.2) is 24.3 Å². The van der Waals surface area contributed by atoms with Crippen molar-refractivity contribution >= 4 is 17.3 Å². The first kappa shape index (κ1) is 13.3. The molecule has 0 aliphatic heterocycles. The molecule has 5 nitrogen and oxygen atoms in total. The zero-order chi connectivity index (χ0) is 13.8. The number of nitrogens with zero attached hydrogens (tertiary/aromatic N) is 2. The van der Waals surface area contributed by atoms with Crippen LogP contribution in [0, 0.1) is 13.8 Å². The molecule has 0 fully saturated rings. The van der Waals surface area contributed by atoms with Crippen molar-refractivity contribution in [3.63, 3.8) is 0 Å². The highest BCUT2D eigenvalue weighted by Gasteiger charge is 2.03. The predicted octanol–water partition coefficient (Wildman–Crippen LogP) is 2.69. The van der Waals surface area contributed by atoms with Gasteiger partial charge < -0.3 is 10.7 Å². The van der Waals surface area contributed by atoms with Crippen molar-refractivity contribution in [1.29, 1.82) is 0 Å². The lowest BCUT2D eigenvalue weighted by molar-refractivity contribution is 1.04. The van der Waals surface area contributed by atoms with Gasteiger partial charge in [0.2, 0.25) is 0 Å². The molecule has 0 unspecified atom stereocenters. The molecule has 5 heteroatoms. The van der Waals surface area contributed by atoms with Gasteiger partial charge in [-0.05, 0) is 43.5 Å². The first-order valence-electron chi connectivity index (χ1n) is 6.31. The molecule has 0 saturated carbocycles. The van der Waals surface area contributed by atoms with E-state index in [4.69, 9.17) is 5.84 Å². The highest BCUT2D eigenvalue weighted by atomic mass is 15.3. The van der Waals surface area contributed by atoms with Gasteiger partial charge >= 0.3 is 0 Å². The Hall–Kier alpha value is -2.14. The van der Waals surface area contributed by atoms with E-state index in [0.717, 1.165) is 17.9 Å². The molecule has 0 amide bonds. The van der Waals surface area contributed by atoms with Gasteiger partial charge in [0, 0.05) is 11.8 Å². The lowest BCUT2D eigenvalue weighted by Crippen LogP contribution is -2.10. The van der Waals surface area contributed by atoms with E-state index in [-0.39, 0.29) is 0 Å². The summed E-state index contributed by atoms with van der Waals surface area (Å²) in [6.45, 7) is 6.10. The van der Waals surface area contributed by atoms with E-state index >= 15 is 0 Å². The molecule has 0 radical (unpaired) electrons. The molecule has 0 aliphatic carbocycles. The third-order valence-corrected chi connectivity index (χ3v) is 2.99. The summed E-state index contributed by atoms with van der Waals surface area (Å²) in [7, 11) is 0. The summed E-state index contributed by atoms with van der Waals surface area (Å²) in [5.74, 6) is 7.37. The van der Waals surface area contributed by atoms with E-state index in [9.17, 15) is 0 Å². The van der Waals surface area contributed by atoms with Gasteiger partial charge in [-0.1, -0.05) is 13.0 Å². The number of nitrogen functional groups attached to an aromatic ring is 1. The lowest BCUT2D eigenvalue weighted by atomic mass is 10.1. The van der Waals surface area contributed by atoms with Crippen LogP contribution in [-0.2, 0) is 6.42 Å². The van der Waals surface area contributed by atoms with Crippen LogP contribution in [0.2, 0.25) is 0 Å². The molecule has 1 heterocycles. The summed E-state index contributed by atoms with van der Waals surface area (Å²) in [5, 5.41) is 3.27. The zero-order valence-electron chi connectivity index (χ0n) is 11.5. The summed E-state index contributed by atoms with van der Waals surface area (Å²) < 4.78 is 0. The van der Waals surface area contributed by atoms with Crippen molar-refractivity contribution in [2.45, 2.75) is 27.2 Å². The molecule has 1 aromatic heterocycles. The van der Waals surface area contributed by atoms with Crippen molar-refractivity contribution in [2.75, 3.05) is 10.7 Å². The number of nitrogens with one attached hydrogen (secondary N) is 2. The lowest BCUT2D eigenvalue weighted by Gasteiger charge is -2.10. The smallest absolute Gasteiger partial charge is 0.145 e. The maximum Gasteiger partial charge on any atom is 0.145 e. The van der Waals surface area contributed by atoms with Crippen molar-refractivity contribution in [3.05, 3.63) is 41.2 Å². The molecule has 0 aliphatic rings. The molecular formula is C14H19N5. The van der Waals surface area contributed by atoms with E-state index in [1.807, 2.05) is 13.0 Å². The van der Waals surface area contributed by atoms with Crippen LogP contribution in [0.1, 0.15) is 23.9 Å². The summed E-state index contributed by atoms with van der Waals surface area (Å²) >= 11 is 0. The number of anilines is 3. The molecule has 100 valence electrons. The van der Waals surface area contributed by atoms with Gasteiger partial charge in [-0.2, -0.15) is 0 Å². The van der Waals surface area contributed by atoms with Crippen LogP contribution >= 0.6 is 0 Å². The minimum Gasteiger partial charge on any atom is -0.340 e. The van der Waals surface area contributed by atoms with Crippen molar-refractivity contribution in [1.82, 2.24) is 9.97 Å². The van der Waals surface area contributed by atoms with Crippen LogP contribution in [0.25, 0.3) is 0 Å². The maximum atomic E-state index is 5.38. The SMILES string of the molecule is CCc1cc(Nc2cc(NN)nc(C)n2)ccc1C. The number of hydrogen-bond acceptors (Lipinski definition) is 5. The minimum absolute atomic E-state index is 0.595. The quantitative estimate of drug-likeness (QED) is 0.580. The Kier molecular flexibility index (Phi) is 3.97. The van der Waals surface area contributed by atoms with E-state index in [0.29, 0.717) is 11.6 Å². The van der Waals surface area contributed by atoms with Crippen molar-refractivity contribution in [3.8, 4) is 0 Å². The number of nitrogens with two attached hydrogens (primary N) is 1. The van der Waals surface area contributed by atoms with Gasteiger partial charge in [-0.3, -0.25) is 0 Å². The third-order valence-electron chi connectivity index (χ3n) is 2.99. The largest absolute Gasteiger partial charge is 0.340 e. The second kappa shape index (κ2) is 5.67. The second-order valence-electron chi connectivity index (χ2n) is 4.45. The van der Waals surface area contributed by atoms with E-state index in [2.05, 4.69) is 46.7 Å². The standard InChI is InChI=1S/C14H19N5/c1-4-11-7-12(6-5-9(11)2)18-13-8-14(19-15)17-10(3)16-13/h5-8H,4,15H2,1-3H3,(H2,16,17,18,19). The number of rotatable bonds is 4. The number of aromatic nitrogens is 2. The van der Waals surface area contributed by atoms with Crippen LogP contribution in [-0.4, -0.2) is 9.97 Å². The van der Waals surface area contributed by atoms with Crippen LogP contribution in [0.3, 0.4) is 0 Å². The fraction of sp³-hybridized carbons (Fsp3) is 0.286. The molecule has 1 aromatic carbocycles. The van der Waals surface area contributed by atoms with E-state index in [1.165, 1.54) is 11.1 Å². The Morgan fingerprint density at radius 1 is 1.11 bits per heavy atom. The van der Waals surface area contributed by atoms with Crippen LogP contribution in [0.4, 0.5) is 17.3 Å². The Morgan fingerprint density at radius 3 is 2.53 bits per heavy atom. The number of benzene rings is 1. The van der Waals surface area contributed by atoms with E-state index < -0.39 is 0 Å². The van der Waals surface area contributed by atoms with Gasteiger partial charge in [0.25, 0.3) is 0 Å². The second-order valence-corrected chi connectivity index (χ2v) is 4.45. The maximum absolute atomic E-state index is 5.38. The predicted molar refractivity (Wildman–Crippen MR) is 78.4 cm³/mol. The molecular weight excluding hydrogens is 238 g/mol. The first-order valence-corrected chi connectivity index (χ1v) is 6.31. The molecule has 19 heavy (non-hydrogen) atoms. The summed E-state index contributed by atoms with van der Waals surface area (Å²) in [6.07, 6.45) is 1.01. The average molecular weight is 257 g/mol. The number of aryl methyl sites for hydroxylation is 3. The highest BCUT2D eigenvalue weighted by Crippen LogP contribution is 2.20. The van der Waals surface area contributed by atoms with Crippen LogP contribution in [0.5, 0.6) is 0 Å². The molecule has 0 spiro atoms. The van der Waals surface area contributed by atoms with Gasteiger partial charge in [0.15, 0.2) is 0 Å². The summed E-state index contributed by atoms with van der Waals surface area (Å²) in [6, 6.07) is 8.07. The first-order chi connectivity index (χ1) is 9.12. The fourth-order valence-electron chi connectivity index (χ4n) is 1.98. The molecule has 0 saturated heterocycles. The van der Waals surface area contributed by atoms with Crippen molar-refractivity contribution < 1.29 is 0 Å². The average Bonchev–Trinajstić information content (AvgIpc) is 2.40. The Labute approximate surface area is 113 Å². The van der Waals surface area contributed by atoms with Crippen LogP contribution < -0.4 is 16.6 Å². The molecule has 0 bridgehead atoms. The molecule has 2 rings (SSSR count). The highest BCUT2D eigenvalue weighted by molar-refractivity contribution is 5.60. The number of hydrogen-bond donors (Lipinski definition) is 3. The fourth-order valence-corrected chi connectivity index (χ4v) is 1.98. The van der Waals surface area contributed by atoms with Gasteiger partial charge in [-0.25, -0.2) is 15.8 Å². The topological polar surface area (TPSA) is 75.9 Å². The number of hydrazine groups is 1. The Balaban J connectivity index is 2.28.